The van der Waals surface area contributed by atoms with Gasteiger partial charge in [0.15, 0.2) is 0 Å². The third kappa shape index (κ3) is 5.59. The van der Waals surface area contributed by atoms with E-state index in [0.29, 0.717) is 32.3 Å². The lowest BCUT2D eigenvalue weighted by atomic mass is 10.1. The van der Waals surface area contributed by atoms with Crippen LogP contribution in [0.2, 0.25) is 0 Å². The van der Waals surface area contributed by atoms with E-state index in [9.17, 15) is 26.3 Å². The van der Waals surface area contributed by atoms with E-state index >= 15 is 0 Å². The fourth-order valence-corrected chi connectivity index (χ4v) is 3.83. The van der Waals surface area contributed by atoms with Gasteiger partial charge >= 0.3 is 12.4 Å². The summed E-state index contributed by atoms with van der Waals surface area (Å²) in [6.07, 6.45) is -9.26. The largest absolute Gasteiger partial charge is 0.433 e. The summed E-state index contributed by atoms with van der Waals surface area (Å²) in [5, 5.41) is 9.22. The van der Waals surface area contributed by atoms with Gasteiger partial charge < -0.3 is 4.74 Å². The molecule has 0 saturated heterocycles. The summed E-state index contributed by atoms with van der Waals surface area (Å²) in [5.74, 6) is 0. The van der Waals surface area contributed by atoms with Crippen LogP contribution in [0.25, 0.3) is 10.6 Å². The third-order valence-electron chi connectivity index (χ3n) is 4.13. The molecule has 1 unspecified atom stereocenters. The van der Waals surface area contributed by atoms with Crippen LogP contribution in [0.15, 0.2) is 42.6 Å². The second-order valence-corrected chi connectivity index (χ2v) is 7.47. The highest BCUT2D eigenvalue weighted by molar-refractivity contribution is 7.15. The average Bonchev–Trinajstić information content (AvgIpc) is 3.09. The highest BCUT2D eigenvalue weighted by Crippen LogP contribution is 2.38. The minimum atomic E-state index is -4.59. The normalized spacial score (nSPS) is 13.1. The van der Waals surface area contributed by atoms with Gasteiger partial charge in [-0.25, -0.2) is 4.98 Å². The summed E-state index contributed by atoms with van der Waals surface area (Å²) in [5.41, 5.74) is 0.315. The van der Waals surface area contributed by atoms with E-state index in [1.165, 1.54) is 30.3 Å². The first-order valence-corrected chi connectivity index (χ1v) is 9.49. The van der Waals surface area contributed by atoms with E-state index in [1.54, 1.807) is 6.92 Å². The lowest BCUT2D eigenvalue weighted by molar-refractivity contribution is -0.181. The van der Waals surface area contributed by atoms with Gasteiger partial charge in [-0.15, -0.1) is 11.3 Å². The van der Waals surface area contributed by atoms with Gasteiger partial charge in [-0.2, -0.15) is 31.6 Å². The monoisotopic (exact) mass is 457 g/mol. The van der Waals surface area contributed by atoms with Gasteiger partial charge in [0, 0.05) is 11.8 Å². The minimum absolute atomic E-state index is 0.293. The number of hydrogen-bond donors (Lipinski definition) is 0. The van der Waals surface area contributed by atoms with E-state index in [0.717, 1.165) is 23.6 Å². The SMILES string of the molecule is Cc1nc(-c2ccc(C(F)(F)F)nc2)sc1C(OCC(F)(F)F)c1ccc(C#N)cc1. The number of hydrogen-bond acceptors (Lipinski definition) is 5. The molecule has 11 heteroatoms. The molecule has 1 atom stereocenters. The van der Waals surface area contributed by atoms with E-state index in [1.807, 2.05) is 6.07 Å². The maximum atomic E-state index is 12.8. The van der Waals surface area contributed by atoms with Crippen LogP contribution < -0.4 is 0 Å². The number of rotatable bonds is 5. The first-order valence-electron chi connectivity index (χ1n) is 8.67. The van der Waals surface area contributed by atoms with Crippen LogP contribution in [-0.2, 0) is 10.9 Å². The van der Waals surface area contributed by atoms with Gasteiger partial charge in [0.1, 0.15) is 23.4 Å². The number of aryl methyl sites for hydroxylation is 1. The Morgan fingerprint density at radius 2 is 1.74 bits per heavy atom. The third-order valence-corrected chi connectivity index (χ3v) is 5.38. The Kier molecular flexibility index (Phi) is 6.33. The molecular formula is C20H13F6N3OS. The minimum Gasteiger partial charge on any atom is -0.358 e. The van der Waals surface area contributed by atoms with Crippen LogP contribution in [0.3, 0.4) is 0 Å². The van der Waals surface area contributed by atoms with Crippen LogP contribution >= 0.6 is 11.3 Å². The summed E-state index contributed by atoms with van der Waals surface area (Å²) in [4.78, 5) is 8.03. The van der Waals surface area contributed by atoms with Crippen molar-refractivity contribution < 1.29 is 31.1 Å². The van der Waals surface area contributed by atoms with Crippen molar-refractivity contribution in [1.82, 2.24) is 9.97 Å². The molecule has 0 N–H and O–H groups in total. The molecule has 3 aromatic rings. The Morgan fingerprint density at radius 3 is 2.26 bits per heavy atom. The predicted octanol–water partition coefficient (Wildman–Crippen LogP) is 6.07. The molecule has 0 aliphatic heterocycles. The number of thiazole rings is 1. The summed E-state index contributed by atoms with van der Waals surface area (Å²) >= 11 is 1.000. The van der Waals surface area contributed by atoms with Crippen molar-refractivity contribution in [2.75, 3.05) is 6.61 Å². The molecule has 2 heterocycles. The molecule has 162 valence electrons. The second-order valence-electron chi connectivity index (χ2n) is 6.44. The number of nitrogens with zero attached hydrogens (tertiary/aromatic N) is 3. The smallest absolute Gasteiger partial charge is 0.358 e. The number of pyridine rings is 1. The number of nitriles is 1. The topological polar surface area (TPSA) is 58.8 Å². The zero-order valence-corrected chi connectivity index (χ0v) is 16.6. The summed E-state index contributed by atoms with van der Waals surface area (Å²) in [6, 6.07) is 9.81. The molecule has 31 heavy (non-hydrogen) atoms. The van der Waals surface area contributed by atoms with E-state index in [4.69, 9.17) is 10.00 Å². The molecule has 0 saturated carbocycles. The van der Waals surface area contributed by atoms with Gasteiger partial charge in [0.2, 0.25) is 0 Å². The lowest BCUT2D eigenvalue weighted by Crippen LogP contribution is -2.20. The Bertz CT molecular complexity index is 1080. The fourth-order valence-electron chi connectivity index (χ4n) is 2.70. The van der Waals surface area contributed by atoms with Crippen molar-refractivity contribution >= 4 is 11.3 Å². The molecule has 0 aliphatic carbocycles. The Balaban J connectivity index is 1.97. The summed E-state index contributed by atoms with van der Waals surface area (Å²) < 4.78 is 81.7. The van der Waals surface area contributed by atoms with Gasteiger partial charge in [0.05, 0.1) is 22.2 Å². The van der Waals surface area contributed by atoms with Crippen LogP contribution in [0, 0.1) is 18.3 Å². The molecule has 0 fully saturated rings. The van der Waals surface area contributed by atoms with Gasteiger partial charge in [-0.3, -0.25) is 4.98 Å². The Morgan fingerprint density at radius 1 is 1.06 bits per heavy atom. The molecule has 1 aromatic carbocycles. The molecule has 0 radical (unpaired) electrons. The van der Waals surface area contributed by atoms with E-state index in [-0.39, 0.29) is 0 Å². The molecule has 0 aliphatic rings. The van der Waals surface area contributed by atoms with Gasteiger partial charge in [0.25, 0.3) is 0 Å². The summed E-state index contributed by atoms with van der Waals surface area (Å²) in [7, 11) is 0. The van der Waals surface area contributed by atoms with Crippen molar-refractivity contribution in [3.05, 3.63) is 70.0 Å². The molecule has 2 aromatic heterocycles. The van der Waals surface area contributed by atoms with Gasteiger partial charge in [-0.1, -0.05) is 12.1 Å². The molecule has 4 nitrogen and oxygen atoms in total. The molecule has 3 rings (SSSR count). The number of ether oxygens (including phenoxy) is 1. The first-order chi connectivity index (χ1) is 14.5. The van der Waals surface area contributed by atoms with Crippen LogP contribution in [0.1, 0.15) is 33.5 Å². The van der Waals surface area contributed by atoms with Crippen molar-refractivity contribution in [2.45, 2.75) is 25.4 Å². The number of halogens is 6. The van der Waals surface area contributed by atoms with E-state index < -0.39 is 30.8 Å². The number of benzene rings is 1. The fraction of sp³-hybridized carbons (Fsp3) is 0.250. The van der Waals surface area contributed by atoms with Crippen LogP contribution in [0.4, 0.5) is 26.3 Å². The highest BCUT2D eigenvalue weighted by Gasteiger charge is 2.33. The quantitative estimate of drug-likeness (QED) is 0.436. The molecule has 0 amide bonds. The van der Waals surface area contributed by atoms with Crippen LogP contribution in [0.5, 0.6) is 0 Å². The van der Waals surface area contributed by atoms with Crippen LogP contribution in [-0.4, -0.2) is 22.8 Å². The van der Waals surface area contributed by atoms with Crippen molar-refractivity contribution in [1.29, 1.82) is 5.26 Å². The first kappa shape index (κ1) is 22.7. The average molecular weight is 457 g/mol. The molecular weight excluding hydrogens is 444 g/mol. The van der Waals surface area contributed by atoms with Gasteiger partial charge in [-0.05, 0) is 36.8 Å². The lowest BCUT2D eigenvalue weighted by Gasteiger charge is -2.19. The van der Waals surface area contributed by atoms with Crippen molar-refractivity contribution in [2.24, 2.45) is 0 Å². The standard InChI is InChI=1S/C20H13F6N3OS/c1-11-17(31-18(29-11)14-6-7-15(28-9-14)20(24,25)26)16(30-10-19(21,22)23)13-4-2-12(8-27)3-5-13/h2-7,9,16H,10H2,1H3. The number of alkyl halides is 6. The predicted molar refractivity (Wildman–Crippen MR) is 100 cm³/mol. The number of aromatic nitrogens is 2. The molecule has 0 spiro atoms. The summed E-state index contributed by atoms with van der Waals surface area (Å²) in [6.45, 7) is 0.0621. The molecule has 0 bridgehead atoms. The van der Waals surface area contributed by atoms with Crippen molar-refractivity contribution in [3.63, 3.8) is 0 Å². The maximum Gasteiger partial charge on any atom is 0.433 e. The zero-order valence-electron chi connectivity index (χ0n) is 15.8. The second kappa shape index (κ2) is 8.64. The Hall–Kier alpha value is -2.97. The zero-order chi connectivity index (χ0) is 22.8. The maximum absolute atomic E-state index is 12.8. The Labute approximate surface area is 176 Å². The highest BCUT2D eigenvalue weighted by atomic mass is 32.1. The van der Waals surface area contributed by atoms with E-state index in [2.05, 4.69) is 9.97 Å². The van der Waals surface area contributed by atoms with Crippen molar-refractivity contribution in [3.8, 4) is 16.6 Å².